The number of nitrogens with zero attached hydrogens (tertiary/aromatic N) is 2. The van der Waals surface area contributed by atoms with Crippen LogP contribution in [0.3, 0.4) is 0 Å². The van der Waals surface area contributed by atoms with Crippen LogP contribution in [0, 0.1) is 13.8 Å². The second-order valence-corrected chi connectivity index (χ2v) is 6.97. The summed E-state index contributed by atoms with van der Waals surface area (Å²) in [7, 11) is 1.53. The maximum absolute atomic E-state index is 12.9. The topological polar surface area (TPSA) is 62.5 Å². The van der Waals surface area contributed by atoms with E-state index in [9.17, 15) is 14.7 Å². The molecule has 1 atom stereocenters. The van der Waals surface area contributed by atoms with Gasteiger partial charge in [0.25, 0.3) is 5.91 Å². The first kappa shape index (κ1) is 18.8. The molecule has 1 N–H and O–H groups in total. The average molecular weight is 342 g/mol. The summed E-state index contributed by atoms with van der Waals surface area (Å²) in [6.45, 7) is 9.01. The third kappa shape index (κ3) is 3.31. The third-order valence-electron chi connectivity index (χ3n) is 5.05. The van der Waals surface area contributed by atoms with Crippen molar-refractivity contribution in [1.29, 1.82) is 0 Å². The fourth-order valence-corrected chi connectivity index (χ4v) is 3.05. The molecule has 1 amide bonds. The molecule has 1 unspecified atom stereocenters. The Balaban J connectivity index is 2.43. The molecule has 0 saturated carbocycles. The number of aliphatic carboxylic acids is 1. The molecule has 0 fully saturated rings. The van der Waals surface area contributed by atoms with Crippen LogP contribution in [0.4, 0.5) is 0 Å². The molecule has 1 heterocycles. The van der Waals surface area contributed by atoms with Crippen molar-refractivity contribution in [3.63, 3.8) is 0 Å². The normalized spacial score (nSPS) is 12.7. The molecule has 0 aliphatic rings. The average Bonchev–Trinajstić information content (AvgIpc) is 2.88. The van der Waals surface area contributed by atoms with Crippen molar-refractivity contribution in [3.05, 3.63) is 58.9 Å². The summed E-state index contributed by atoms with van der Waals surface area (Å²) in [6.07, 6.45) is 0. The van der Waals surface area contributed by atoms with E-state index in [-0.39, 0.29) is 11.9 Å². The van der Waals surface area contributed by atoms with Gasteiger partial charge in [0.05, 0.1) is 11.6 Å². The van der Waals surface area contributed by atoms with Crippen LogP contribution < -0.4 is 0 Å². The van der Waals surface area contributed by atoms with Crippen LogP contribution in [0.1, 0.15) is 54.1 Å². The van der Waals surface area contributed by atoms with Gasteiger partial charge in [0, 0.05) is 18.4 Å². The Hall–Kier alpha value is -2.56. The van der Waals surface area contributed by atoms with Crippen LogP contribution in [0.2, 0.25) is 0 Å². The van der Waals surface area contributed by atoms with Gasteiger partial charge in [0.2, 0.25) is 0 Å². The Kier molecular flexibility index (Phi) is 5.07. The highest BCUT2D eigenvalue weighted by molar-refractivity contribution is 5.98. The van der Waals surface area contributed by atoms with Gasteiger partial charge in [-0.05, 0) is 46.2 Å². The standard InChI is InChI=1S/C20H26N2O3/c1-13-12-17(18(23)21(6)20(4,5)19(24)25)15(3)22(13)14(2)16-10-8-7-9-11-16/h7-12,14H,1-6H3,(H,24,25). The summed E-state index contributed by atoms with van der Waals surface area (Å²) < 4.78 is 2.12. The highest BCUT2D eigenvalue weighted by Gasteiger charge is 2.36. The van der Waals surface area contributed by atoms with Crippen molar-refractivity contribution in [2.75, 3.05) is 7.05 Å². The van der Waals surface area contributed by atoms with Crippen LogP contribution in [-0.4, -0.2) is 39.0 Å². The molecule has 0 bridgehead atoms. The molecule has 0 aliphatic heterocycles. The number of benzene rings is 1. The number of hydrogen-bond acceptors (Lipinski definition) is 2. The molecular formula is C20H26N2O3. The molecular weight excluding hydrogens is 316 g/mol. The van der Waals surface area contributed by atoms with E-state index < -0.39 is 11.5 Å². The van der Waals surface area contributed by atoms with E-state index in [2.05, 4.69) is 23.6 Å². The first-order chi connectivity index (χ1) is 11.6. The summed E-state index contributed by atoms with van der Waals surface area (Å²) in [6, 6.07) is 12.0. The molecule has 0 radical (unpaired) electrons. The summed E-state index contributed by atoms with van der Waals surface area (Å²) in [4.78, 5) is 25.6. The van der Waals surface area contributed by atoms with E-state index in [1.807, 2.05) is 38.1 Å². The van der Waals surface area contributed by atoms with E-state index in [1.54, 1.807) is 0 Å². The minimum absolute atomic E-state index is 0.0838. The predicted molar refractivity (Wildman–Crippen MR) is 98.0 cm³/mol. The van der Waals surface area contributed by atoms with Gasteiger partial charge in [-0.15, -0.1) is 0 Å². The van der Waals surface area contributed by atoms with Gasteiger partial charge in [0.15, 0.2) is 0 Å². The third-order valence-corrected chi connectivity index (χ3v) is 5.05. The van der Waals surface area contributed by atoms with Crippen LogP contribution >= 0.6 is 0 Å². The van der Waals surface area contributed by atoms with Crippen molar-refractivity contribution in [1.82, 2.24) is 9.47 Å². The summed E-state index contributed by atoms with van der Waals surface area (Å²) in [5.41, 5.74) is 2.23. The first-order valence-corrected chi connectivity index (χ1v) is 8.34. The molecule has 0 aliphatic carbocycles. The van der Waals surface area contributed by atoms with Crippen LogP contribution in [0.5, 0.6) is 0 Å². The van der Waals surface area contributed by atoms with E-state index in [1.165, 1.54) is 25.8 Å². The fraction of sp³-hybridized carbons (Fsp3) is 0.400. The maximum atomic E-state index is 12.9. The Labute approximate surface area is 148 Å². The zero-order valence-electron chi connectivity index (χ0n) is 15.7. The quantitative estimate of drug-likeness (QED) is 0.902. The Bertz CT molecular complexity index is 791. The van der Waals surface area contributed by atoms with Gasteiger partial charge in [-0.1, -0.05) is 30.3 Å². The van der Waals surface area contributed by atoms with Crippen molar-refractivity contribution in [3.8, 4) is 0 Å². The van der Waals surface area contributed by atoms with E-state index in [0.29, 0.717) is 5.56 Å². The highest BCUT2D eigenvalue weighted by atomic mass is 16.4. The van der Waals surface area contributed by atoms with Crippen molar-refractivity contribution >= 4 is 11.9 Å². The molecule has 2 rings (SSSR count). The van der Waals surface area contributed by atoms with Gasteiger partial charge in [-0.25, -0.2) is 4.79 Å². The molecule has 134 valence electrons. The number of carbonyl (C=O) groups excluding carboxylic acids is 1. The predicted octanol–water partition coefficient (Wildman–Crippen LogP) is 3.65. The summed E-state index contributed by atoms with van der Waals surface area (Å²) in [5, 5.41) is 9.37. The van der Waals surface area contributed by atoms with Crippen LogP contribution in [-0.2, 0) is 4.79 Å². The molecule has 25 heavy (non-hydrogen) atoms. The molecule has 5 nitrogen and oxygen atoms in total. The number of carboxylic acids is 1. The summed E-state index contributed by atoms with van der Waals surface area (Å²) in [5.74, 6) is -1.32. The van der Waals surface area contributed by atoms with Crippen molar-refractivity contribution < 1.29 is 14.7 Å². The van der Waals surface area contributed by atoms with Gasteiger partial charge in [-0.3, -0.25) is 4.79 Å². The molecule has 5 heteroatoms. The Morgan fingerprint density at radius 2 is 1.72 bits per heavy atom. The van der Waals surface area contributed by atoms with Crippen molar-refractivity contribution in [2.45, 2.75) is 46.2 Å². The number of amides is 1. The van der Waals surface area contributed by atoms with Crippen molar-refractivity contribution in [2.24, 2.45) is 0 Å². The Morgan fingerprint density at radius 1 is 1.16 bits per heavy atom. The zero-order chi connectivity index (χ0) is 18.9. The SMILES string of the molecule is Cc1cc(C(=O)N(C)C(C)(C)C(=O)O)c(C)n1C(C)c1ccccc1. The fourth-order valence-electron chi connectivity index (χ4n) is 3.05. The minimum atomic E-state index is -1.27. The van der Waals surface area contributed by atoms with E-state index >= 15 is 0 Å². The van der Waals surface area contributed by atoms with E-state index in [4.69, 9.17) is 0 Å². The number of carboxylic acid groups (broad SMARTS) is 1. The smallest absolute Gasteiger partial charge is 0.329 e. The second-order valence-electron chi connectivity index (χ2n) is 6.97. The lowest BCUT2D eigenvalue weighted by Crippen LogP contribution is -2.50. The number of hydrogen-bond donors (Lipinski definition) is 1. The van der Waals surface area contributed by atoms with Gasteiger partial charge in [-0.2, -0.15) is 0 Å². The molecule has 1 aromatic heterocycles. The molecule has 0 saturated heterocycles. The molecule has 1 aromatic carbocycles. The second kappa shape index (κ2) is 6.75. The van der Waals surface area contributed by atoms with Gasteiger partial charge in [0.1, 0.15) is 5.54 Å². The zero-order valence-corrected chi connectivity index (χ0v) is 15.7. The monoisotopic (exact) mass is 342 g/mol. The number of rotatable bonds is 5. The van der Waals surface area contributed by atoms with Gasteiger partial charge < -0.3 is 14.6 Å². The van der Waals surface area contributed by atoms with Gasteiger partial charge >= 0.3 is 5.97 Å². The molecule has 0 spiro atoms. The van der Waals surface area contributed by atoms with Crippen LogP contribution in [0.15, 0.2) is 36.4 Å². The number of likely N-dealkylation sites (N-methyl/N-ethyl adjacent to an activating group) is 1. The maximum Gasteiger partial charge on any atom is 0.329 e. The highest BCUT2D eigenvalue weighted by Crippen LogP contribution is 2.27. The lowest BCUT2D eigenvalue weighted by atomic mass is 10.0. The van der Waals surface area contributed by atoms with Crippen LogP contribution in [0.25, 0.3) is 0 Å². The lowest BCUT2D eigenvalue weighted by Gasteiger charge is -2.31. The lowest BCUT2D eigenvalue weighted by molar-refractivity contribution is -0.147. The molecule has 2 aromatic rings. The first-order valence-electron chi connectivity index (χ1n) is 8.34. The number of aromatic nitrogens is 1. The number of aryl methyl sites for hydroxylation is 1. The number of carbonyl (C=O) groups is 2. The largest absolute Gasteiger partial charge is 0.480 e. The van der Waals surface area contributed by atoms with E-state index in [0.717, 1.165) is 17.0 Å². The Morgan fingerprint density at radius 3 is 2.24 bits per heavy atom. The summed E-state index contributed by atoms with van der Waals surface area (Å²) >= 11 is 0. The minimum Gasteiger partial charge on any atom is -0.480 e.